The average molecular weight is 551 g/mol. The number of nitrogens with one attached hydrogen (secondary N) is 2. The zero-order valence-electron chi connectivity index (χ0n) is 23.2. The Morgan fingerprint density at radius 3 is 2.30 bits per heavy atom. The van der Waals surface area contributed by atoms with Crippen molar-refractivity contribution in [3.8, 4) is 11.5 Å². The molecule has 2 aromatic heterocycles. The number of carbonyl (C=O) groups excluding carboxylic acids is 4. The summed E-state index contributed by atoms with van der Waals surface area (Å²) >= 11 is 0. The first-order chi connectivity index (χ1) is 19.1. The number of likely N-dealkylation sites (tertiary alicyclic amines) is 1. The molecule has 212 valence electrons. The van der Waals surface area contributed by atoms with Crippen molar-refractivity contribution >= 4 is 23.5 Å². The molecule has 0 aliphatic carbocycles. The molecule has 3 aromatic rings. The van der Waals surface area contributed by atoms with E-state index < -0.39 is 35.7 Å². The zero-order valence-corrected chi connectivity index (χ0v) is 23.2. The van der Waals surface area contributed by atoms with E-state index in [2.05, 4.69) is 26.0 Å². The Morgan fingerprint density at radius 2 is 1.68 bits per heavy atom. The summed E-state index contributed by atoms with van der Waals surface area (Å²) in [4.78, 5) is 54.6. The highest BCUT2D eigenvalue weighted by molar-refractivity contribution is 6.01. The smallest absolute Gasteiger partial charge is 0.286 e. The molecular weight excluding hydrogens is 516 g/mol. The minimum Gasteiger partial charge on any atom is -0.414 e. The minimum atomic E-state index is -0.939. The molecule has 3 amide bonds. The normalized spacial score (nSPS) is 16.7. The van der Waals surface area contributed by atoms with Crippen molar-refractivity contribution in [3.63, 3.8) is 0 Å². The molecule has 1 aliphatic heterocycles. The maximum Gasteiger partial charge on any atom is 0.286 e. The van der Waals surface area contributed by atoms with E-state index in [9.17, 15) is 19.2 Å². The highest BCUT2D eigenvalue weighted by Gasteiger charge is 2.40. The summed E-state index contributed by atoms with van der Waals surface area (Å²) < 4.78 is 10.6. The van der Waals surface area contributed by atoms with Crippen molar-refractivity contribution in [2.75, 3.05) is 6.54 Å². The number of amides is 3. The lowest BCUT2D eigenvalue weighted by molar-refractivity contribution is -0.140. The lowest BCUT2D eigenvalue weighted by atomic mass is 9.98. The van der Waals surface area contributed by atoms with Crippen LogP contribution in [0.3, 0.4) is 0 Å². The number of ketones is 1. The van der Waals surface area contributed by atoms with Gasteiger partial charge in [0.2, 0.25) is 23.5 Å². The first-order valence-corrected chi connectivity index (χ1v) is 13.3. The van der Waals surface area contributed by atoms with Crippen LogP contribution in [0.4, 0.5) is 0 Å². The van der Waals surface area contributed by atoms with Crippen LogP contribution >= 0.6 is 0 Å². The Labute approximate surface area is 231 Å². The van der Waals surface area contributed by atoms with Crippen molar-refractivity contribution in [3.05, 3.63) is 53.7 Å². The number of rotatable bonds is 10. The Hall–Kier alpha value is -4.35. The van der Waals surface area contributed by atoms with Crippen LogP contribution in [-0.2, 0) is 9.59 Å². The van der Waals surface area contributed by atoms with Crippen LogP contribution in [0.2, 0.25) is 0 Å². The molecule has 0 bridgehead atoms. The second kappa shape index (κ2) is 12.2. The van der Waals surface area contributed by atoms with Gasteiger partial charge in [0.25, 0.3) is 11.8 Å². The second-order valence-corrected chi connectivity index (χ2v) is 10.6. The molecule has 1 saturated heterocycles. The van der Waals surface area contributed by atoms with E-state index in [0.717, 1.165) is 0 Å². The summed E-state index contributed by atoms with van der Waals surface area (Å²) in [5, 5.41) is 17.1. The third-order valence-corrected chi connectivity index (χ3v) is 6.96. The van der Waals surface area contributed by atoms with Crippen LogP contribution in [0.25, 0.3) is 11.5 Å². The van der Waals surface area contributed by atoms with Crippen molar-refractivity contribution in [2.24, 2.45) is 11.8 Å². The number of benzene rings is 1. The molecule has 0 spiro atoms. The number of hydrogen-bond donors (Lipinski definition) is 2. The second-order valence-electron chi connectivity index (χ2n) is 10.6. The van der Waals surface area contributed by atoms with Gasteiger partial charge in [0.15, 0.2) is 0 Å². The fourth-order valence-electron chi connectivity index (χ4n) is 4.67. The van der Waals surface area contributed by atoms with Gasteiger partial charge >= 0.3 is 0 Å². The largest absolute Gasteiger partial charge is 0.414 e. The SMILES string of the molecule is Cc1oncc1C(=O)NC(C(=O)N1CCC[C@H]1C(=O)NC(C(=O)c1nnc(-c2ccccc2)o1)C(C)C)C(C)C. The number of aromatic nitrogens is 3. The van der Waals surface area contributed by atoms with E-state index in [1.807, 2.05) is 32.0 Å². The summed E-state index contributed by atoms with van der Waals surface area (Å²) in [6, 6.07) is 6.46. The van der Waals surface area contributed by atoms with Crippen molar-refractivity contribution in [1.29, 1.82) is 0 Å². The number of nitrogens with zero attached hydrogens (tertiary/aromatic N) is 4. The zero-order chi connectivity index (χ0) is 29.0. The van der Waals surface area contributed by atoms with Gasteiger partial charge < -0.3 is 24.5 Å². The lowest BCUT2D eigenvalue weighted by Crippen LogP contribution is -2.57. The van der Waals surface area contributed by atoms with Crippen molar-refractivity contribution in [2.45, 2.75) is 65.6 Å². The van der Waals surface area contributed by atoms with E-state index >= 15 is 0 Å². The molecule has 3 atom stereocenters. The van der Waals surface area contributed by atoms with E-state index in [0.29, 0.717) is 30.7 Å². The Morgan fingerprint density at radius 1 is 0.975 bits per heavy atom. The monoisotopic (exact) mass is 550 g/mol. The van der Waals surface area contributed by atoms with Crippen LogP contribution in [0.5, 0.6) is 0 Å². The van der Waals surface area contributed by atoms with Gasteiger partial charge in [0.05, 0.1) is 12.2 Å². The number of carbonyl (C=O) groups is 4. The van der Waals surface area contributed by atoms with Gasteiger partial charge in [-0.3, -0.25) is 19.2 Å². The molecule has 0 saturated carbocycles. The molecule has 1 aromatic carbocycles. The first kappa shape index (κ1) is 28.7. The summed E-state index contributed by atoms with van der Waals surface area (Å²) in [5.74, 6) is -2.01. The molecule has 12 nitrogen and oxygen atoms in total. The topological polar surface area (TPSA) is 161 Å². The molecule has 1 aliphatic rings. The molecule has 3 heterocycles. The predicted molar refractivity (Wildman–Crippen MR) is 143 cm³/mol. The number of aryl methyl sites for hydroxylation is 1. The standard InChI is InChI=1S/C28H34N6O6/c1-15(2)21(23(35)27-33-32-26(39-27)18-10-7-6-8-11-18)30-25(37)20-12-9-13-34(20)28(38)22(16(3)4)31-24(36)19-14-29-40-17(19)5/h6-8,10-11,14-16,20-22H,9,12-13H2,1-5H3,(H,30,37)(H,31,36)/t20-,21?,22?/m0/s1. The third kappa shape index (κ3) is 6.11. The summed E-state index contributed by atoms with van der Waals surface area (Å²) in [6.07, 6.45) is 2.34. The first-order valence-electron chi connectivity index (χ1n) is 13.3. The van der Waals surface area contributed by atoms with E-state index in [4.69, 9.17) is 8.94 Å². The molecule has 0 radical (unpaired) electrons. The summed E-state index contributed by atoms with van der Waals surface area (Å²) in [7, 11) is 0. The maximum atomic E-state index is 13.6. The average Bonchev–Trinajstić information content (AvgIpc) is 3.70. The molecule has 1 fully saturated rings. The molecule has 2 unspecified atom stereocenters. The molecule has 12 heteroatoms. The highest BCUT2D eigenvalue weighted by atomic mass is 16.5. The van der Waals surface area contributed by atoms with Crippen LogP contribution < -0.4 is 10.6 Å². The van der Waals surface area contributed by atoms with Crippen molar-refractivity contribution in [1.82, 2.24) is 30.9 Å². The van der Waals surface area contributed by atoms with Gasteiger partial charge in [-0.2, -0.15) is 0 Å². The van der Waals surface area contributed by atoms with Crippen LogP contribution in [0.15, 0.2) is 45.5 Å². The summed E-state index contributed by atoms with van der Waals surface area (Å²) in [6.45, 7) is 9.19. The molecule has 4 rings (SSSR count). The Kier molecular flexibility index (Phi) is 8.76. The van der Waals surface area contributed by atoms with Crippen LogP contribution in [0.1, 0.15) is 67.3 Å². The number of Topliss-reactive ketones (excluding diaryl/α,β-unsaturated/α-hetero) is 1. The van der Waals surface area contributed by atoms with Crippen molar-refractivity contribution < 1.29 is 28.1 Å². The van der Waals surface area contributed by atoms with Gasteiger partial charge in [-0.1, -0.05) is 51.1 Å². The lowest BCUT2D eigenvalue weighted by Gasteiger charge is -2.31. The van der Waals surface area contributed by atoms with Gasteiger partial charge in [-0.25, -0.2) is 0 Å². The quantitative estimate of drug-likeness (QED) is 0.362. The Balaban J connectivity index is 1.47. The number of hydrogen-bond acceptors (Lipinski definition) is 9. The predicted octanol–water partition coefficient (Wildman–Crippen LogP) is 2.80. The molecule has 40 heavy (non-hydrogen) atoms. The van der Waals surface area contributed by atoms with Crippen LogP contribution in [-0.4, -0.2) is 68.4 Å². The fraction of sp³-hybridized carbons (Fsp3) is 0.464. The Bertz CT molecular complexity index is 1360. The fourth-order valence-corrected chi connectivity index (χ4v) is 4.67. The van der Waals surface area contributed by atoms with Gasteiger partial charge in [0.1, 0.15) is 23.4 Å². The maximum absolute atomic E-state index is 13.6. The molecule has 2 N–H and O–H groups in total. The minimum absolute atomic E-state index is 0.202. The van der Waals surface area contributed by atoms with E-state index in [-0.39, 0.29) is 35.1 Å². The van der Waals surface area contributed by atoms with E-state index in [1.165, 1.54) is 11.1 Å². The van der Waals surface area contributed by atoms with Gasteiger partial charge in [-0.15, -0.1) is 10.2 Å². The highest BCUT2D eigenvalue weighted by Crippen LogP contribution is 2.23. The third-order valence-electron chi connectivity index (χ3n) is 6.96. The summed E-state index contributed by atoms with van der Waals surface area (Å²) in [5.41, 5.74) is 0.911. The van der Waals surface area contributed by atoms with Crippen LogP contribution in [0, 0.1) is 18.8 Å². The van der Waals surface area contributed by atoms with Gasteiger partial charge in [-0.05, 0) is 43.7 Å². The molecular formula is C28H34N6O6. The van der Waals surface area contributed by atoms with E-state index in [1.54, 1.807) is 32.9 Å². The van der Waals surface area contributed by atoms with Gasteiger partial charge in [0, 0.05) is 12.1 Å².